The van der Waals surface area contributed by atoms with E-state index in [4.69, 9.17) is 20.8 Å². The summed E-state index contributed by atoms with van der Waals surface area (Å²) in [7, 11) is 1.48. The number of carbonyl (C=O) groups is 3. The van der Waals surface area contributed by atoms with E-state index in [0.717, 1.165) is 12.8 Å². The molecule has 1 heterocycles. The molecule has 1 aromatic heterocycles. The number of aryl methyl sites for hydroxylation is 1. The lowest BCUT2D eigenvalue weighted by Gasteiger charge is -2.16. The quantitative estimate of drug-likeness (QED) is 0.779. The molecule has 26 heavy (non-hydrogen) atoms. The van der Waals surface area contributed by atoms with Crippen LogP contribution >= 0.6 is 11.6 Å². The van der Waals surface area contributed by atoms with Crippen LogP contribution in [0.25, 0.3) is 11.0 Å². The molecular formula is C18H19ClN2O5. The Hall–Kier alpha value is -2.54. The second kappa shape index (κ2) is 7.37. The molecule has 138 valence electrons. The van der Waals surface area contributed by atoms with Crippen molar-refractivity contribution in [3.63, 3.8) is 0 Å². The molecule has 3 rings (SSSR count). The zero-order valence-corrected chi connectivity index (χ0v) is 15.3. The maximum Gasteiger partial charge on any atom is 0.375 e. The minimum atomic E-state index is -0.737. The Labute approximate surface area is 155 Å². The number of rotatable bonds is 6. The van der Waals surface area contributed by atoms with Crippen LogP contribution in [0.3, 0.4) is 0 Å². The largest absolute Gasteiger partial charge is 0.450 e. The van der Waals surface area contributed by atoms with E-state index >= 15 is 0 Å². The van der Waals surface area contributed by atoms with Gasteiger partial charge >= 0.3 is 5.97 Å². The lowest BCUT2D eigenvalue weighted by molar-refractivity contribution is -0.137. The average Bonchev–Trinajstić information content (AvgIpc) is 3.35. The summed E-state index contributed by atoms with van der Waals surface area (Å²) in [4.78, 5) is 37.2. The van der Waals surface area contributed by atoms with Gasteiger partial charge in [-0.1, -0.05) is 11.6 Å². The first-order chi connectivity index (χ1) is 12.3. The smallest absolute Gasteiger partial charge is 0.375 e. The van der Waals surface area contributed by atoms with Crippen LogP contribution in [-0.2, 0) is 14.3 Å². The van der Waals surface area contributed by atoms with Gasteiger partial charge in [0, 0.05) is 29.1 Å². The fraction of sp³-hybridized carbons (Fsp3) is 0.389. The number of nitrogens with zero attached hydrogens (tertiary/aromatic N) is 1. The lowest BCUT2D eigenvalue weighted by Crippen LogP contribution is -2.40. The fourth-order valence-electron chi connectivity index (χ4n) is 2.50. The van der Waals surface area contributed by atoms with Crippen LogP contribution in [0, 0.1) is 6.92 Å². The molecule has 0 saturated heterocycles. The maximum absolute atomic E-state index is 12.2. The Kier molecular flexibility index (Phi) is 5.18. The highest BCUT2D eigenvalue weighted by molar-refractivity contribution is 6.31. The predicted molar refractivity (Wildman–Crippen MR) is 95.0 cm³/mol. The third kappa shape index (κ3) is 4.16. The first kappa shape index (κ1) is 18.3. The molecule has 8 heteroatoms. The summed E-state index contributed by atoms with van der Waals surface area (Å²) >= 11 is 5.95. The van der Waals surface area contributed by atoms with Gasteiger partial charge in [-0.05, 0) is 38.0 Å². The van der Waals surface area contributed by atoms with E-state index in [1.54, 1.807) is 25.1 Å². The van der Waals surface area contributed by atoms with Gasteiger partial charge in [0.15, 0.2) is 6.61 Å². The van der Waals surface area contributed by atoms with Crippen LogP contribution in [0.15, 0.2) is 22.6 Å². The first-order valence-electron chi connectivity index (χ1n) is 8.24. The Bertz CT molecular complexity index is 872. The van der Waals surface area contributed by atoms with Gasteiger partial charge < -0.3 is 19.4 Å². The van der Waals surface area contributed by atoms with Crippen molar-refractivity contribution in [1.82, 2.24) is 10.2 Å². The molecule has 0 radical (unpaired) electrons. The number of benzene rings is 1. The van der Waals surface area contributed by atoms with E-state index in [1.165, 1.54) is 11.9 Å². The zero-order chi connectivity index (χ0) is 18.8. The Morgan fingerprint density at radius 2 is 2.08 bits per heavy atom. The summed E-state index contributed by atoms with van der Waals surface area (Å²) in [6, 6.07) is 5.25. The van der Waals surface area contributed by atoms with Gasteiger partial charge in [0.25, 0.3) is 5.91 Å². The van der Waals surface area contributed by atoms with Crippen molar-refractivity contribution in [2.24, 2.45) is 0 Å². The van der Waals surface area contributed by atoms with Gasteiger partial charge in [0.05, 0.1) is 6.54 Å². The Balaban J connectivity index is 1.57. The van der Waals surface area contributed by atoms with Crippen molar-refractivity contribution in [1.29, 1.82) is 0 Å². The van der Waals surface area contributed by atoms with Gasteiger partial charge in [-0.2, -0.15) is 0 Å². The Morgan fingerprint density at radius 3 is 2.77 bits per heavy atom. The summed E-state index contributed by atoms with van der Waals surface area (Å²) in [5, 5.41) is 4.03. The highest BCUT2D eigenvalue weighted by Gasteiger charge is 2.25. The molecule has 2 aromatic rings. The van der Waals surface area contributed by atoms with Gasteiger partial charge in [-0.25, -0.2) is 4.79 Å². The van der Waals surface area contributed by atoms with Gasteiger partial charge in [0.1, 0.15) is 5.58 Å². The van der Waals surface area contributed by atoms with Crippen LogP contribution in [0.5, 0.6) is 0 Å². The number of amides is 2. The standard InChI is InChI=1S/C18H19ClN2O5/c1-10-13-7-11(19)3-6-14(13)26-17(10)18(24)25-9-16(23)21(2)8-15(22)20-12-4-5-12/h3,6-7,12H,4-5,8-9H2,1-2H3,(H,20,22). The van der Waals surface area contributed by atoms with Crippen LogP contribution in [0.1, 0.15) is 29.0 Å². The summed E-state index contributed by atoms with van der Waals surface area (Å²) in [6.07, 6.45) is 1.95. The molecular weight excluding hydrogens is 360 g/mol. The summed E-state index contributed by atoms with van der Waals surface area (Å²) < 4.78 is 10.5. The monoisotopic (exact) mass is 378 g/mol. The van der Waals surface area contributed by atoms with Crippen LogP contribution < -0.4 is 5.32 Å². The summed E-state index contributed by atoms with van der Waals surface area (Å²) in [5.41, 5.74) is 1.11. The van der Waals surface area contributed by atoms with Crippen molar-refractivity contribution in [2.75, 3.05) is 20.2 Å². The molecule has 0 atom stereocenters. The minimum absolute atomic E-state index is 0.0317. The van der Waals surface area contributed by atoms with Crippen LogP contribution in [0.2, 0.25) is 5.02 Å². The maximum atomic E-state index is 12.2. The van der Waals surface area contributed by atoms with Gasteiger partial charge in [-0.15, -0.1) is 0 Å². The van der Waals surface area contributed by atoms with E-state index in [9.17, 15) is 14.4 Å². The SMILES string of the molecule is Cc1c(C(=O)OCC(=O)N(C)CC(=O)NC2CC2)oc2ccc(Cl)cc12. The van der Waals surface area contributed by atoms with E-state index < -0.39 is 18.5 Å². The van der Waals surface area contributed by atoms with Crippen molar-refractivity contribution in [3.05, 3.63) is 34.5 Å². The number of carbonyl (C=O) groups excluding carboxylic acids is 3. The van der Waals surface area contributed by atoms with Crippen LogP contribution in [0.4, 0.5) is 0 Å². The number of hydrogen-bond acceptors (Lipinski definition) is 5. The van der Waals surface area contributed by atoms with Crippen molar-refractivity contribution < 1.29 is 23.5 Å². The topological polar surface area (TPSA) is 88.9 Å². The molecule has 1 aromatic carbocycles. The minimum Gasteiger partial charge on any atom is -0.450 e. The molecule has 1 saturated carbocycles. The second-order valence-corrected chi connectivity index (χ2v) is 6.80. The summed E-state index contributed by atoms with van der Waals surface area (Å²) in [5.74, 6) is -1.40. The number of furan rings is 1. The number of fused-ring (bicyclic) bond motifs is 1. The molecule has 7 nitrogen and oxygen atoms in total. The molecule has 2 amide bonds. The van der Waals surface area contributed by atoms with E-state index in [1.807, 2.05) is 0 Å². The molecule has 0 aliphatic heterocycles. The molecule has 1 aliphatic rings. The first-order valence-corrected chi connectivity index (χ1v) is 8.62. The fourth-order valence-corrected chi connectivity index (χ4v) is 2.67. The molecule has 0 bridgehead atoms. The summed E-state index contributed by atoms with van der Waals surface area (Å²) in [6.45, 7) is 1.17. The number of likely N-dealkylation sites (N-methyl/N-ethyl adjacent to an activating group) is 1. The van der Waals surface area contributed by atoms with E-state index in [-0.39, 0.29) is 24.3 Å². The molecule has 1 fully saturated rings. The zero-order valence-electron chi connectivity index (χ0n) is 14.5. The normalized spacial score (nSPS) is 13.5. The van der Waals surface area contributed by atoms with E-state index in [0.29, 0.717) is 21.6 Å². The number of hydrogen-bond donors (Lipinski definition) is 1. The molecule has 1 aliphatic carbocycles. The molecule has 1 N–H and O–H groups in total. The van der Waals surface area contributed by atoms with Crippen LogP contribution in [-0.4, -0.2) is 48.9 Å². The lowest BCUT2D eigenvalue weighted by atomic mass is 10.1. The second-order valence-electron chi connectivity index (χ2n) is 6.36. The number of esters is 1. The molecule has 0 spiro atoms. The van der Waals surface area contributed by atoms with Crippen molar-refractivity contribution in [3.8, 4) is 0 Å². The Morgan fingerprint density at radius 1 is 1.35 bits per heavy atom. The number of halogens is 1. The highest BCUT2D eigenvalue weighted by atomic mass is 35.5. The van der Waals surface area contributed by atoms with Gasteiger partial charge in [0.2, 0.25) is 11.7 Å². The average molecular weight is 379 g/mol. The van der Waals surface area contributed by atoms with Crippen molar-refractivity contribution in [2.45, 2.75) is 25.8 Å². The third-order valence-electron chi connectivity index (χ3n) is 4.16. The van der Waals surface area contributed by atoms with E-state index in [2.05, 4.69) is 5.32 Å². The molecule has 0 unspecified atom stereocenters. The third-order valence-corrected chi connectivity index (χ3v) is 4.39. The van der Waals surface area contributed by atoms with Gasteiger partial charge in [-0.3, -0.25) is 9.59 Å². The highest BCUT2D eigenvalue weighted by Crippen LogP contribution is 2.28. The number of ether oxygens (including phenoxy) is 1. The van der Waals surface area contributed by atoms with Crippen molar-refractivity contribution >= 4 is 40.4 Å². The predicted octanol–water partition coefficient (Wildman–Crippen LogP) is 2.29. The number of nitrogens with one attached hydrogen (secondary N) is 1.